The highest BCUT2D eigenvalue weighted by atomic mass is 35.5. The number of quaternary nitrogens is 1. The van der Waals surface area contributed by atoms with Crippen LogP contribution < -0.4 is 12.4 Å². The van der Waals surface area contributed by atoms with E-state index in [9.17, 15) is 0 Å². The van der Waals surface area contributed by atoms with Crippen LogP contribution in [0.3, 0.4) is 0 Å². The summed E-state index contributed by atoms with van der Waals surface area (Å²) in [5, 5.41) is 8.79. The summed E-state index contributed by atoms with van der Waals surface area (Å²) >= 11 is 0. The summed E-state index contributed by atoms with van der Waals surface area (Å²) in [5.74, 6) is 0. The Morgan fingerprint density at radius 2 is 1.11 bits per heavy atom. The molecule has 0 aliphatic heterocycles. The van der Waals surface area contributed by atoms with Crippen molar-refractivity contribution in [1.82, 2.24) is 0 Å². The summed E-state index contributed by atoms with van der Waals surface area (Å²) in [4.78, 5) is 0. The van der Waals surface area contributed by atoms with E-state index >= 15 is 0 Å². The molecular formula is C16H36ClNO. The van der Waals surface area contributed by atoms with E-state index in [1.54, 1.807) is 0 Å². The standard InChI is InChI=1S/C16H36NO.ClH/c1-4-5-6-7-8-9-10-11-14-17(2,3)15-12-13-16-18;/h18H,4-16H2,1-3H3;1H/q+1;/p-1. The van der Waals surface area contributed by atoms with Crippen molar-refractivity contribution < 1.29 is 22.0 Å². The monoisotopic (exact) mass is 293 g/mol. The quantitative estimate of drug-likeness (QED) is 0.396. The molecule has 0 spiro atoms. The molecule has 0 aliphatic rings. The second kappa shape index (κ2) is 14.6. The van der Waals surface area contributed by atoms with Gasteiger partial charge in [0.15, 0.2) is 0 Å². The lowest BCUT2D eigenvalue weighted by Crippen LogP contribution is -3.00. The van der Waals surface area contributed by atoms with Crippen molar-refractivity contribution in [3.63, 3.8) is 0 Å². The Bertz CT molecular complexity index is 174. The molecule has 0 aliphatic carbocycles. The Kier molecular flexibility index (Phi) is 16.5. The second-order valence-corrected chi connectivity index (χ2v) is 6.29. The predicted molar refractivity (Wildman–Crippen MR) is 80.8 cm³/mol. The number of hydrogen-bond donors (Lipinski definition) is 1. The van der Waals surface area contributed by atoms with E-state index in [2.05, 4.69) is 21.0 Å². The van der Waals surface area contributed by atoms with E-state index in [0.29, 0.717) is 6.61 Å². The number of rotatable bonds is 13. The lowest BCUT2D eigenvalue weighted by atomic mass is 10.1. The van der Waals surface area contributed by atoms with Crippen molar-refractivity contribution in [2.24, 2.45) is 0 Å². The lowest BCUT2D eigenvalue weighted by molar-refractivity contribution is -0.890. The fourth-order valence-corrected chi connectivity index (χ4v) is 2.44. The first-order valence-electron chi connectivity index (χ1n) is 8.05. The maximum Gasteiger partial charge on any atom is 0.0783 e. The zero-order valence-corrected chi connectivity index (χ0v) is 14.2. The molecule has 0 aromatic carbocycles. The van der Waals surface area contributed by atoms with Crippen LogP contribution in [0.25, 0.3) is 0 Å². The Hall–Kier alpha value is 0.210. The van der Waals surface area contributed by atoms with Crippen molar-refractivity contribution in [2.75, 3.05) is 33.8 Å². The van der Waals surface area contributed by atoms with Gasteiger partial charge in [-0.1, -0.05) is 45.4 Å². The summed E-state index contributed by atoms with van der Waals surface area (Å²) < 4.78 is 1.12. The molecule has 19 heavy (non-hydrogen) atoms. The van der Waals surface area contributed by atoms with E-state index in [4.69, 9.17) is 5.11 Å². The Balaban J connectivity index is 0. The molecule has 3 heteroatoms. The number of unbranched alkanes of at least 4 members (excludes halogenated alkanes) is 8. The first kappa shape index (κ1) is 21.5. The third kappa shape index (κ3) is 16.2. The molecule has 0 heterocycles. The first-order chi connectivity index (χ1) is 8.62. The first-order valence-corrected chi connectivity index (χ1v) is 8.05. The van der Waals surface area contributed by atoms with Gasteiger partial charge in [0.2, 0.25) is 0 Å². The van der Waals surface area contributed by atoms with E-state index in [0.717, 1.165) is 17.3 Å². The van der Waals surface area contributed by atoms with Crippen LogP contribution in [0.5, 0.6) is 0 Å². The van der Waals surface area contributed by atoms with Crippen LogP contribution in [0.2, 0.25) is 0 Å². The highest BCUT2D eigenvalue weighted by Crippen LogP contribution is 2.10. The minimum absolute atomic E-state index is 0. The normalized spacial score (nSPS) is 11.4. The van der Waals surface area contributed by atoms with Gasteiger partial charge >= 0.3 is 0 Å². The topological polar surface area (TPSA) is 20.2 Å². The third-order valence-electron chi connectivity index (χ3n) is 3.79. The molecule has 0 amide bonds. The van der Waals surface area contributed by atoms with Gasteiger partial charge < -0.3 is 22.0 Å². The van der Waals surface area contributed by atoms with Gasteiger partial charge in [0.05, 0.1) is 27.2 Å². The Morgan fingerprint density at radius 1 is 0.684 bits per heavy atom. The van der Waals surface area contributed by atoms with E-state index in [-0.39, 0.29) is 12.4 Å². The molecule has 0 radical (unpaired) electrons. The molecule has 0 aromatic heterocycles. The van der Waals surface area contributed by atoms with Crippen molar-refractivity contribution in [3.05, 3.63) is 0 Å². The molecule has 0 atom stereocenters. The van der Waals surface area contributed by atoms with E-state index < -0.39 is 0 Å². The van der Waals surface area contributed by atoms with Crippen LogP contribution in [-0.2, 0) is 0 Å². The molecule has 0 saturated carbocycles. The van der Waals surface area contributed by atoms with Crippen LogP contribution in [0.1, 0.15) is 71.1 Å². The molecule has 2 nitrogen and oxygen atoms in total. The minimum atomic E-state index is 0. The zero-order chi connectivity index (χ0) is 13.7. The van der Waals surface area contributed by atoms with Crippen LogP contribution in [-0.4, -0.2) is 43.4 Å². The smallest absolute Gasteiger partial charge is 0.0783 e. The van der Waals surface area contributed by atoms with Crippen molar-refractivity contribution in [2.45, 2.75) is 71.1 Å². The molecule has 0 bridgehead atoms. The number of aliphatic hydroxyl groups excluding tert-OH is 1. The maximum atomic E-state index is 8.79. The van der Waals surface area contributed by atoms with Gasteiger partial charge in [-0.3, -0.25) is 0 Å². The van der Waals surface area contributed by atoms with E-state index in [1.807, 2.05) is 0 Å². The van der Waals surface area contributed by atoms with Gasteiger partial charge in [-0.25, -0.2) is 0 Å². The van der Waals surface area contributed by atoms with Gasteiger partial charge in [0.1, 0.15) is 0 Å². The zero-order valence-electron chi connectivity index (χ0n) is 13.5. The average molecular weight is 294 g/mol. The van der Waals surface area contributed by atoms with Crippen LogP contribution in [0.4, 0.5) is 0 Å². The highest BCUT2D eigenvalue weighted by Gasteiger charge is 2.13. The van der Waals surface area contributed by atoms with Gasteiger partial charge in [0, 0.05) is 6.61 Å². The number of aliphatic hydroxyl groups is 1. The molecule has 1 N–H and O–H groups in total. The average Bonchev–Trinajstić information content (AvgIpc) is 2.33. The van der Waals surface area contributed by atoms with Crippen LogP contribution >= 0.6 is 0 Å². The molecular weight excluding hydrogens is 258 g/mol. The number of halogens is 1. The molecule has 0 aromatic rings. The largest absolute Gasteiger partial charge is 1.00 e. The predicted octanol–water partition coefficient (Wildman–Crippen LogP) is 0.980. The molecule has 0 saturated heterocycles. The van der Waals surface area contributed by atoms with Gasteiger partial charge in [-0.2, -0.15) is 0 Å². The summed E-state index contributed by atoms with van der Waals surface area (Å²) in [6.45, 7) is 5.12. The summed E-state index contributed by atoms with van der Waals surface area (Å²) in [6.07, 6.45) is 13.3. The van der Waals surface area contributed by atoms with Crippen LogP contribution in [0.15, 0.2) is 0 Å². The van der Waals surface area contributed by atoms with Gasteiger partial charge in [-0.15, -0.1) is 0 Å². The summed E-state index contributed by atoms with van der Waals surface area (Å²) in [7, 11) is 4.64. The van der Waals surface area contributed by atoms with Gasteiger partial charge in [-0.05, 0) is 25.7 Å². The molecule has 0 fully saturated rings. The fraction of sp³-hybridized carbons (Fsp3) is 1.00. The Morgan fingerprint density at radius 3 is 1.58 bits per heavy atom. The number of nitrogens with zero attached hydrogens (tertiary/aromatic N) is 1. The molecule has 0 rings (SSSR count). The lowest BCUT2D eigenvalue weighted by Gasteiger charge is -2.29. The van der Waals surface area contributed by atoms with Crippen molar-refractivity contribution in [1.29, 1.82) is 0 Å². The summed E-state index contributed by atoms with van der Waals surface area (Å²) in [6, 6.07) is 0. The fourth-order valence-electron chi connectivity index (χ4n) is 2.44. The second-order valence-electron chi connectivity index (χ2n) is 6.29. The Labute approximate surface area is 127 Å². The van der Waals surface area contributed by atoms with E-state index in [1.165, 1.54) is 64.5 Å². The minimum Gasteiger partial charge on any atom is -1.00 e. The third-order valence-corrected chi connectivity index (χ3v) is 3.79. The number of hydrogen-bond acceptors (Lipinski definition) is 1. The highest BCUT2D eigenvalue weighted by molar-refractivity contribution is 4.46. The van der Waals surface area contributed by atoms with Crippen molar-refractivity contribution in [3.8, 4) is 0 Å². The van der Waals surface area contributed by atoms with Crippen LogP contribution in [0, 0.1) is 0 Å². The SMILES string of the molecule is CCCCCCCCCC[N+](C)(C)CCCCO.[Cl-]. The molecule has 118 valence electrons. The van der Waals surface area contributed by atoms with Gasteiger partial charge in [0.25, 0.3) is 0 Å². The maximum absolute atomic E-state index is 8.79. The summed E-state index contributed by atoms with van der Waals surface area (Å²) in [5.41, 5.74) is 0. The molecule has 0 unspecified atom stereocenters. The van der Waals surface area contributed by atoms with Crippen molar-refractivity contribution >= 4 is 0 Å².